The summed E-state index contributed by atoms with van der Waals surface area (Å²) in [6, 6.07) is 3.43. The van der Waals surface area contributed by atoms with E-state index in [1.807, 2.05) is 0 Å². The summed E-state index contributed by atoms with van der Waals surface area (Å²) >= 11 is 8.52. The minimum atomic E-state index is -0.193. The molecule has 1 aromatic heterocycles. The molecule has 1 aromatic rings. The van der Waals surface area contributed by atoms with Crippen molar-refractivity contribution in [2.75, 3.05) is 7.05 Å². The minimum absolute atomic E-state index is 0.193. The number of nitrogens with one attached hydrogen (secondary N) is 2. The third kappa shape index (κ3) is 2.74. The van der Waals surface area contributed by atoms with Gasteiger partial charge < -0.3 is 4.98 Å². The second kappa shape index (κ2) is 4.29. The Labute approximate surface area is 86.7 Å². The van der Waals surface area contributed by atoms with Gasteiger partial charge in [0.2, 0.25) is 0 Å². The Morgan fingerprint density at radius 3 is 2.92 bits per heavy atom. The van der Waals surface area contributed by atoms with Crippen LogP contribution in [0.4, 0.5) is 0 Å². The van der Waals surface area contributed by atoms with E-state index in [0.717, 1.165) is 0 Å². The van der Waals surface area contributed by atoms with E-state index in [1.165, 1.54) is 5.01 Å². The molecule has 0 saturated carbocycles. The maximum absolute atomic E-state index is 11.5. The summed E-state index contributed by atoms with van der Waals surface area (Å²) in [6.07, 6.45) is 1.68. The number of nitrogens with zero attached hydrogens (tertiary/aromatic N) is 1. The zero-order valence-electron chi connectivity index (χ0n) is 6.94. The zero-order valence-corrected chi connectivity index (χ0v) is 8.65. The molecule has 70 valence electrons. The molecular weight excluding hydrogens is 206 g/mol. The van der Waals surface area contributed by atoms with E-state index < -0.39 is 0 Å². The van der Waals surface area contributed by atoms with E-state index >= 15 is 0 Å². The molecule has 0 bridgehead atoms. The van der Waals surface area contributed by atoms with Crippen molar-refractivity contribution in [2.45, 2.75) is 0 Å². The lowest BCUT2D eigenvalue weighted by Crippen LogP contribution is -2.40. The first-order valence-electron chi connectivity index (χ1n) is 3.52. The molecule has 0 saturated heterocycles. The van der Waals surface area contributed by atoms with Crippen LogP contribution in [0.15, 0.2) is 18.3 Å². The Morgan fingerprint density at radius 1 is 1.77 bits per heavy atom. The summed E-state index contributed by atoms with van der Waals surface area (Å²) in [6.45, 7) is 0. The van der Waals surface area contributed by atoms with Crippen molar-refractivity contribution in [3.63, 3.8) is 0 Å². The zero-order chi connectivity index (χ0) is 9.84. The molecule has 0 unspecified atom stereocenters. The summed E-state index contributed by atoms with van der Waals surface area (Å²) in [5.41, 5.74) is 3.09. The Bertz CT molecular complexity index is 310. The molecule has 0 radical (unpaired) electrons. The number of H-pyrrole nitrogens is 1. The fourth-order valence-corrected chi connectivity index (χ4v) is 1.13. The highest BCUT2D eigenvalue weighted by Gasteiger charge is 2.11. The maximum Gasteiger partial charge on any atom is 0.288 e. The molecule has 4 nitrogen and oxygen atoms in total. The van der Waals surface area contributed by atoms with E-state index in [0.29, 0.717) is 5.69 Å². The first kappa shape index (κ1) is 10.1. The van der Waals surface area contributed by atoms with Crippen molar-refractivity contribution >= 4 is 35.1 Å². The van der Waals surface area contributed by atoms with Crippen molar-refractivity contribution in [3.05, 3.63) is 24.0 Å². The van der Waals surface area contributed by atoms with Crippen LogP contribution in [0.2, 0.25) is 0 Å². The van der Waals surface area contributed by atoms with Crippen LogP contribution in [0, 0.1) is 0 Å². The lowest BCUT2D eigenvalue weighted by atomic mass is 10.4. The normalized spacial score (nSPS) is 9.38. The van der Waals surface area contributed by atoms with Gasteiger partial charge in [0, 0.05) is 13.2 Å². The lowest BCUT2D eigenvalue weighted by Gasteiger charge is -2.16. The molecule has 1 rings (SSSR count). The average molecular weight is 215 g/mol. The van der Waals surface area contributed by atoms with Crippen molar-refractivity contribution in [2.24, 2.45) is 0 Å². The van der Waals surface area contributed by atoms with Gasteiger partial charge in [0.25, 0.3) is 5.91 Å². The van der Waals surface area contributed by atoms with Gasteiger partial charge >= 0.3 is 0 Å². The van der Waals surface area contributed by atoms with Crippen LogP contribution >= 0.6 is 24.8 Å². The van der Waals surface area contributed by atoms with Crippen LogP contribution in [-0.2, 0) is 0 Å². The van der Waals surface area contributed by atoms with Gasteiger partial charge in [-0.1, -0.05) is 12.2 Å². The topological polar surface area (TPSA) is 48.1 Å². The molecular formula is C7H9N3OS2. The quantitative estimate of drug-likeness (QED) is 0.369. The Balaban J connectivity index is 2.63. The van der Waals surface area contributed by atoms with Gasteiger partial charge in [0.05, 0.1) is 0 Å². The van der Waals surface area contributed by atoms with E-state index in [-0.39, 0.29) is 10.2 Å². The van der Waals surface area contributed by atoms with Crippen molar-refractivity contribution in [1.29, 1.82) is 0 Å². The molecule has 0 spiro atoms. The molecule has 13 heavy (non-hydrogen) atoms. The second-order valence-electron chi connectivity index (χ2n) is 2.36. The third-order valence-corrected chi connectivity index (χ3v) is 1.59. The predicted molar refractivity (Wildman–Crippen MR) is 57.6 cm³/mol. The van der Waals surface area contributed by atoms with Crippen LogP contribution in [-0.4, -0.2) is 27.3 Å². The number of thiocarbonyl (C=S) groups is 1. The van der Waals surface area contributed by atoms with E-state index in [2.05, 4.69) is 35.3 Å². The number of hydrazine groups is 1. The molecule has 1 amide bonds. The molecule has 1 heterocycles. The highest BCUT2D eigenvalue weighted by Crippen LogP contribution is 1.98. The highest BCUT2D eigenvalue weighted by atomic mass is 32.1. The minimum Gasteiger partial charge on any atom is -0.357 e. The second-order valence-corrected chi connectivity index (χ2v) is 3.52. The molecule has 0 fully saturated rings. The SMILES string of the molecule is CN(NC(=S)S)C(=O)c1ccc[nH]1. The molecule has 0 aliphatic heterocycles. The number of hydrogen-bond acceptors (Lipinski definition) is 2. The molecule has 0 aliphatic carbocycles. The van der Waals surface area contributed by atoms with E-state index in [9.17, 15) is 4.79 Å². The van der Waals surface area contributed by atoms with Gasteiger partial charge in [-0.2, -0.15) is 0 Å². The number of hydrogen-bond donors (Lipinski definition) is 3. The van der Waals surface area contributed by atoms with E-state index in [1.54, 1.807) is 25.4 Å². The van der Waals surface area contributed by atoms with Crippen LogP contribution in [0.1, 0.15) is 10.5 Å². The van der Waals surface area contributed by atoms with Crippen molar-refractivity contribution in [1.82, 2.24) is 15.4 Å². The summed E-state index contributed by atoms with van der Waals surface area (Å²) in [5, 5.41) is 1.27. The smallest absolute Gasteiger partial charge is 0.288 e. The Hall–Kier alpha value is -1.01. The first-order chi connectivity index (χ1) is 6.11. The summed E-state index contributed by atoms with van der Waals surface area (Å²) < 4.78 is 0.252. The molecule has 6 heteroatoms. The van der Waals surface area contributed by atoms with Gasteiger partial charge in [-0.3, -0.25) is 15.2 Å². The fraction of sp³-hybridized carbons (Fsp3) is 0.143. The summed E-state index contributed by atoms with van der Waals surface area (Å²) in [7, 11) is 1.58. The first-order valence-corrected chi connectivity index (χ1v) is 4.38. The van der Waals surface area contributed by atoms with Crippen LogP contribution in [0.5, 0.6) is 0 Å². The Morgan fingerprint density at radius 2 is 2.46 bits per heavy atom. The summed E-state index contributed by atoms with van der Waals surface area (Å²) in [5.74, 6) is -0.193. The van der Waals surface area contributed by atoms with Gasteiger partial charge in [-0.15, -0.1) is 12.6 Å². The van der Waals surface area contributed by atoms with Crippen LogP contribution in [0.25, 0.3) is 0 Å². The van der Waals surface area contributed by atoms with Gasteiger partial charge in [-0.25, -0.2) is 0 Å². The largest absolute Gasteiger partial charge is 0.357 e. The number of aromatic amines is 1. The van der Waals surface area contributed by atoms with Crippen molar-refractivity contribution in [3.8, 4) is 0 Å². The van der Waals surface area contributed by atoms with Crippen LogP contribution in [0.3, 0.4) is 0 Å². The monoisotopic (exact) mass is 215 g/mol. The third-order valence-electron chi connectivity index (χ3n) is 1.40. The molecule has 2 N–H and O–H groups in total. The van der Waals surface area contributed by atoms with Gasteiger partial charge in [-0.05, 0) is 12.1 Å². The predicted octanol–water partition coefficient (Wildman–Crippen LogP) is 0.806. The highest BCUT2D eigenvalue weighted by molar-refractivity contribution is 8.11. The van der Waals surface area contributed by atoms with Crippen LogP contribution < -0.4 is 5.43 Å². The lowest BCUT2D eigenvalue weighted by molar-refractivity contribution is 0.0756. The average Bonchev–Trinajstić information content (AvgIpc) is 2.53. The molecule has 0 aromatic carbocycles. The number of amides is 1. The number of carbonyl (C=O) groups excluding carboxylic acids is 1. The summed E-state index contributed by atoms with van der Waals surface area (Å²) in [4.78, 5) is 14.3. The number of thiol groups is 1. The maximum atomic E-state index is 11.5. The van der Waals surface area contributed by atoms with Crippen molar-refractivity contribution < 1.29 is 4.79 Å². The number of rotatable bonds is 1. The van der Waals surface area contributed by atoms with Gasteiger partial charge in [0.15, 0.2) is 0 Å². The standard InChI is InChI=1S/C7H9N3OS2/c1-10(9-7(12)13)6(11)5-3-2-4-8-5/h2-4,8H,1H3,(H2,9,12,13). The number of aromatic nitrogens is 1. The Kier molecular flexibility index (Phi) is 3.32. The molecule has 0 atom stereocenters. The molecule has 0 aliphatic rings. The van der Waals surface area contributed by atoms with Gasteiger partial charge in [0.1, 0.15) is 10.0 Å². The number of carbonyl (C=O) groups is 1. The van der Waals surface area contributed by atoms with E-state index in [4.69, 9.17) is 0 Å². The fourth-order valence-electron chi connectivity index (χ4n) is 0.838.